The summed E-state index contributed by atoms with van der Waals surface area (Å²) in [4.78, 5) is 16.4. The molecule has 5 heteroatoms. The number of nitrogens with zero attached hydrogens (tertiary/aromatic N) is 1. The molecule has 2 aliphatic heterocycles. The third kappa shape index (κ3) is 2.20. The van der Waals surface area contributed by atoms with Crippen LogP contribution >= 0.6 is 0 Å². The topological polar surface area (TPSA) is 59.9 Å². The molecule has 22 heavy (non-hydrogen) atoms. The standard InChI is InChI=1S/C17H14N2O3/c20-17-13(12-3-1-2-4-14(12)19-17)9-18-8-11-5-6-15-16(7-11)22-10-21-15/h1-7,9,13H,8,10H2,(H,19,20)/t13-/m0/s1. The summed E-state index contributed by atoms with van der Waals surface area (Å²) in [6, 6.07) is 13.4. The van der Waals surface area contributed by atoms with Gasteiger partial charge in [0.15, 0.2) is 11.5 Å². The number of fused-ring (bicyclic) bond motifs is 2. The normalized spacial score (nSPS) is 18.5. The predicted molar refractivity (Wildman–Crippen MR) is 82.6 cm³/mol. The Balaban J connectivity index is 1.50. The molecule has 2 aliphatic rings. The summed E-state index contributed by atoms with van der Waals surface area (Å²) in [7, 11) is 0. The second-order valence-electron chi connectivity index (χ2n) is 5.23. The number of ether oxygens (including phenoxy) is 2. The van der Waals surface area contributed by atoms with E-state index in [1.54, 1.807) is 6.21 Å². The molecule has 0 saturated heterocycles. The molecule has 5 nitrogen and oxygen atoms in total. The van der Waals surface area contributed by atoms with E-state index < -0.39 is 0 Å². The molecule has 2 aromatic carbocycles. The number of amides is 1. The number of rotatable bonds is 3. The lowest BCUT2D eigenvalue weighted by atomic mass is 10.0. The van der Waals surface area contributed by atoms with Crippen molar-refractivity contribution in [1.29, 1.82) is 0 Å². The van der Waals surface area contributed by atoms with Gasteiger partial charge in [0, 0.05) is 11.9 Å². The van der Waals surface area contributed by atoms with Gasteiger partial charge in [-0.15, -0.1) is 0 Å². The monoisotopic (exact) mass is 294 g/mol. The Kier molecular flexibility index (Phi) is 3.04. The Bertz CT molecular complexity index is 770. The number of hydrogen-bond acceptors (Lipinski definition) is 4. The van der Waals surface area contributed by atoms with Crippen molar-refractivity contribution in [3.8, 4) is 11.5 Å². The van der Waals surface area contributed by atoms with Crippen LogP contribution in [0, 0.1) is 0 Å². The Morgan fingerprint density at radius 3 is 3.00 bits per heavy atom. The van der Waals surface area contributed by atoms with Gasteiger partial charge in [-0.05, 0) is 29.3 Å². The average Bonchev–Trinajstić information content (AvgIpc) is 3.11. The number of anilines is 1. The Morgan fingerprint density at radius 2 is 2.05 bits per heavy atom. The number of carbonyl (C=O) groups excluding carboxylic acids is 1. The van der Waals surface area contributed by atoms with Gasteiger partial charge in [-0.3, -0.25) is 9.79 Å². The molecule has 0 spiro atoms. The molecule has 2 heterocycles. The van der Waals surface area contributed by atoms with E-state index in [2.05, 4.69) is 10.3 Å². The Labute approximate surface area is 127 Å². The predicted octanol–water partition coefficient (Wildman–Crippen LogP) is 2.72. The fraction of sp³-hybridized carbons (Fsp3) is 0.176. The van der Waals surface area contributed by atoms with Gasteiger partial charge in [0.05, 0.1) is 6.54 Å². The van der Waals surface area contributed by atoms with E-state index in [1.165, 1.54) is 0 Å². The number of nitrogens with one attached hydrogen (secondary N) is 1. The Morgan fingerprint density at radius 1 is 1.18 bits per heavy atom. The number of hydrogen-bond donors (Lipinski definition) is 1. The second-order valence-corrected chi connectivity index (χ2v) is 5.23. The van der Waals surface area contributed by atoms with E-state index in [9.17, 15) is 4.79 Å². The van der Waals surface area contributed by atoms with Crippen LogP contribution in [0.4, 0.5) is 5.69 Å². The summed E-state index contributed by atoms with van der Waals surface area (Å²) in [5, 5.41) is 2.86. The molecule has 0 radical (unpaired) electrons. The molecule has 0 saturated carbocycles. The van der Waals surface area contributed by atoms with Crippen LogP contribution in [0.3, 0.4) is 0 Å². The van der Waals surface area contributed by atoms with Crippen molar-refractivity contribution in [3.63, 3.8) is 0 Å². The summed E-state index contributed by atoms with van der Waals surface area (Å²) in [5.74, 6) is 1.16. The van der Waals surface area contributed by atoms with Crippen LogP contribution in [0.15, 0.2) is 47.5 Å². The molecule has 4 rings (SSSR count). The van der Waals surface area contributed by atoms with Crippen molar-refractivity contribution in [3.05, 3.63) is 53.6 Å². The first kappa shape index (κ1) is 12.9. The molecule has 1 atom stereocenters. The lowest BCUT2D eigenvalue weighted by Crippen LogP contribution is -2.13. The molecule has 0 bridgehead atoms. The van der Waals surface area contributed by atoms with Crippen LogP contribution in [0.5, 0.6) is 11.5 Å². The largest absolute Gasteiger partial charge is 0.454 e. The molecule has 2 aromatic rings. The van der Waals surface area contributed by atoms with Gasteiger partial charge in [0.1, 0.15) is 5.92 Å². The first-order valence-electron chi connectivity index (χ1n) is 7.09. The highest BCUT2D eigenvalue weighted by Crippen LogP contribution is 2.33. The lowest BCUT2D eigenvalue weighted by molar-refractivity contribution is -0.115. The quantitative estimate of drug-likeness (QED) is 0.885. The number of benzene rings is 2. The van der Waals surface area contributed by atoms with Crippen LogP contribution in [0.25, 0.3) is 0 Å². The van der Waals surface area contributed by atoms with Crippen LogP contribution in [-0.2, 0) is 11.3 Å². The summed E-state index contributed by atoms with van der Waals surface area (Å²) in [6.45, 7) is 0.768. The molecule has 0 aliphatic carbocycles. The van der Waals surface area contributed by atoms with Crippen LogP contribution < -0.4 is 14.8 Å². The van der Waals surface area contributed by atoms with Crippen molar-refractivity contribution >= 4 is 17.8 Å². The third-order valence-corrected chi connectivity index (χ3v) is 3.80. The molecule has 1 amide bonds. The van der Waals surface area contributed by atoms with Crippen LogP contribution in [-0.4, -0.2) is 18.9 Å². The fourth-order valence-corrected chi connectivity index (χ4v) is 2.68. The minimum atomic E-state index is -0.315. The molecular weight excluding hydrogens is 280 g/mol. The van der Waals surface area contributed by atoms with E-state index in [1.807, 2.05) is 42.5 Å². The van der Waals surface area contributed by atoms with Crippen molar-refractivity contribution in [2.24, 2.45) is 4.99 Å². The first-order valence-corrected chi connectivity index (χ1v) is 7.09. The van der Waals surface area contributed by atoms with Gasteiger partial charge in [0.2, 0.25) is 12.7 Å². The Hall–Kier alpha value is -2.82. The van der Waals surface area contributed by atoms with Crippen molar-refractivity contribution < 1.29 is 14.3 Å². The summed E-state index contributed by atoms with van der Waals surface area (Å²) >= 11 is 0. The summed E-state index contributed by atoms with van der Waals surface area (Å²) in [5.41, 5.74) is 2.86. The maximum absolute atomic E-state index is 12.0. The number of aliphatic imine (C=N–C) groups is 1. The maximum atomic E-state index is 12.0. The van der Waals surface area contributed by atoms with Crippen molar-refractivity contribution in [2.75, 3.05) is 12.1 Å². The van der Waals surface area contributed by atoms with Crippen molar-refractivity contribution in [2.45, 2.75) is 12.5 Å². The zero-order chi connectivity index (χ0) is 14.9. The zero-order valence-corrected chi connectivity index (χ0v) is 11.8. The van der Waals surface area contributed by atoms with E-state index in [4.69, 9.17) is 9.47 Å². The van der Waals surface area contributed by atoms with E-state index >= 15 is 0 Å². The van der Waals surface area contributed by atoms with Gasteiger partial charge in [-0.25, -0.2) is 0 Å². The van der Waals surface area contributed by atoms with Crippen LogP contribution in [0.2, 0.25) is 0 Å². The van der Waals surface area contributed by atoms with Crippen LogP contribution in [0.1, 0.15) is 17.0 Å². The molecule has 0 unspecified atom stereocenters. The van der Waals surface area contributed by atoms with E-state index in [0.29, 0.717) is 6.54 Å². The van der Waals surface area contributed by atoms with Gasteiger partial charge in [-0.1, -0.05) is 24.3 Å². The summed E-state index contributed by atoms with van der Waals surface area (Å²) in [6.07, 6.45) is 1.71. The SMILES string of the molecule is O=C1Nc2ccccc2[C@@H]1C=NCc1ccc2c(c1)OCO2. The smallest absolute Gasteiger partial charge is 0.237 e. The highest BCUT2D eigenvalue weighted by molar-refractivity contribution is 6.12. The first-order chi connectivity index (χ1) is 10.8. The summed E-state index contributed by atoms with van der Waals surface area (Å²) < 4.78 is 10.6. The van der Waals surface area contributed by atoms with Gasteiger partial charge >= 0.3 is 0 Å². The van der Waals surface area contributed by atoms with Gasteiger partial charge < -0.3 is 14.8 Å². The number of para-hydroxylation sites is 1. The minimum absolute atomic E-state index is 0.0318. The van der Waals surface area contributed by atoms with Gasteiger partial charge in [0.25, 0.3) is 0 Å². The molecule has 1 N–H and O–H groups in total. The fourth-order valence-electron chi connectivity index (χ4n) is 2.68. The number of carbonyl (C=O) groups is 1. The second kappa shape index (κ2) is 5.18. The molecular formula is C17H14N2O3. The minimum Gasteiger partial charge on any atom is -0.454 e. The lowest BCUT2D eigenvalue weighted by Gasteiger charge is -2.02. The maximum Gasteiger partial charge on any atom is 0.237 e. The molecule has 0 aromatic heterocycles. The van der Waals surface area contributed by atoms with E-state index in [0.717, 1.165) is 28.3 Å². The van der Waals surface area contributed by atoms with E-state index in [-0.39, 0.29) is 18.6 Å². The highest BCUT2D eigenvalue weighted by atomic mass is 16.7. The molecule has 0 fully saturated rings. The third-order valence-electron chi connectivity index (χ3n) is 3.80. The zero-order valence-electron chi connectivity index (χ0n) is 11.8. The van der Waals surface area contributed by atoms with Gasteiger partial charge in [-0.2, -0.15) is 0 Å². The average molecular weight is 294 g/mol. The highest BCUT2D eigenvalue weighted by Gasteiger charge is 2.28. The molecule has 110 valence electrons. The van der Waals surface area contributed by atoms with Crippen molar-refractivity contribution in [1.82, 2.24) is 0 Å².